The SMILES string of the molecule is C=CCOC(=O)C(CC=C)(CC(=O)[O-])S(=O)(=O)O.[K+]. The Morgan fingerprint density at radius 3 is 2.16 bits per heavy atom. The van der Waals surface area contributed by atoms with E-state index in [0.29, 0.717) is 0 Å². The van der Waals surface area contributed by atoms with E-state index in [2.05, 4.69) is 17.9 Å². The third-order valence-electron chi connectivity index (χ3n) is 2.10. The Hall–Kier alpha value is -0.0336. The number of carbonyl (C=O) groups is 2. The van der Waals surface area contributed by atoms with Crippen molar-refractivity contribution < 1.29 is 83.8 Å². The van der Waals surface area contributed by atoms with Crippen molar-refractivity contribution in [1.82, 2.24) is 0 Å². The van der Waals surface area contributed by atoms with Crippen LogP contribution < -0.4 is 56.5 Å². The van der Waals surface area contributed by atoms with Crippen LogP contribution in [0.25, 0.3) is 0 Å². The fraction of sp³-hybridized carbons (Fsp3) is 0.400. The third kappa shape index (κ3) is 5.86. The van der Waals surface area contributed by atoms with Crippen molar-refractivity contribution in [1.29, 1.82) is 0 Å². The van der Waals surface area contributed by atoms with Gasteiger partial charge in [-0.05, 0) is 6.42 Å². The van der Waals surface area contributed by atoms with E-state index < -0.39 is 39.6 Å². The standard InChI is InChI=1S/C10H14O7S.K/c1-3-5-10(7-8(11)12,18(14,15)16)9(13)17-6-4-2;/h3-4H,1-2,5-7H2,(H,11,12)(H,14,15,16);/q;+1/p-1. The first-order valence-corrected chi connectivity index (χ1v) is 6.21. The Labute approximate surface area is 153 Å². The minimum Gasteiger partial charge on any atom is -0.550 e. The molecule has 1 unspecified atom stereocenters. The molecule has 0 aromatic carbocycles. The number of carboxylic acids is 1. The third-order valence-corrected chi connectivity index (χ3v) is 3.57. The van der Waals surface area contributed by atoms with E-state index >= 15 is 0 Å². The van der Waals surface area contributed by atoms with Gasteiger partial charge >= 0.3 is 57.4 Å². The van der Waals surface area contributed by atoms with Gasteiger partial charge in [0, 0.05) is 12.4 Å². The summed E-state index contributed by atoms with van der Waals surface area (Å²) in [6, 6.07) is 0. The molecule has 0 heterocycles. The van der Waals surface area contributed by atoms with Gasteiger partial charge < -0.3 is 14.6 Å². The van der Waals surface area contributed by atoms with Crippen LogP contribution in [0.5, 0.6) is 0 Å². The summed E-state index contributed by atoms with van der Waals surface area (Å²) in [6.45, 7) is 6.14. The predicted molar refractivity (Wildman–Crippen MR) is 59.9 cm³/mol. The maximum Gasteiger partial charge on any atom is 1.00 e. The van der Waals surface area contributed by atoms with E-state index in [1.165, 1.54) is 6.08 Å². The number of aliphatic carboxylic acids is 1. The van der Waals surface area contributed by atoms with Crippen LogP contribution in [0.3, 0.4) is 0 Å². The van der Waals surface area contributed by atoms with Crippen molar-refractivity contribution in [2.45, 2.75) is 17.6 Å². The Balaban J connectivity index is 0. The first-order valence-electron chi connectivity index (χ1n) is 4.77. The van der Waals surface area contributed by atoms with Crippen LogP contribution in [0, 0.1) is 0 Å². The molecule has 0 rings (SSSR count). The molecule has 0 aromatic heterocycles. The Morgan fingerprint density at radius 1 is 1.32 bits per heavy atom. The van der Waals surface area contributed by atoms with Crippen molar-refractivity contribution in [3.63, 3.8) is 0 Å². The van der Waals surface area contributed by atoms with Gasteiger partial charge in [0.15, 0.2) is 0 Å². The Bertz CT molecular complexity index is 456. The van der Waals surface area contributed by atoms with Crippen LogP contribution in [-0.2, 0) is 24.4 Å². The van der Waals surface area contributed by atoms with Crippen molar-refractivity contribution in [3.8, 4) is 0 Å². The normalized spacial score (nSPS) is 13.5. The van der Waals surface area contributed by atoms with E-state index in [1.807, 2.05) is 0 Å². The summed E-state index contributed by atoms with van der Waals surface area (Å²) < 4.78 is 33.5. The molecule has 19 heavy (non-hydrogen) atoms. The summed E-state index contributed by atoms with van der Waals surface area (Å²) in [5.74, 6) is -3.21. The minimum absolute atomic E-state index is 0. The number of hydrogen-bond donors (Lipinski definition) is 1. The largest absolute Gasteiger partial charge is 1.00 e. The number of hydrogen-bond acceptors (Lipinski definition) is 6. The zero-order valence-corrected chi connectivity index (χ0v) is 14.4. The summed E-state index contributed by atoms with van der Waals surface area (Å²) in [5.41, 5.74) is 0. The van der Waals surface area contributed by atoms with Crippen molar-refractivity contribution in [3.05, 3.63) is 25.3 Å². The van der Waals surface area contributed by atoms with Gasteiger partial charge in [-0.2, -0.15) is 8.42 Å². The first-order chi connectivity index (χ1) is 8.21. The van der Waals surface area contributed by atoms with Gasteiger partial charge in [-0.1, -0.05) is 18.7 Å². The maximum absolute atomic E-state index is 11.6. The van der Waals surface area contributed by atoms with E-state index in [0.717, 1.165) is 6.08 Å². The average molecular weight is 316 g/mol. The van der Waals surface area contributed by atoms with E-state index in [9.17, 15) is 23.1 Å². The summed E-state index contributed by atoms with van der Waals surface area (Å²) in [4.78, 5) is 22.2. The second-order valence-electron chi connectivity index (χ2n) is 3.40. The molecule has 0 fully saturated rings. The molecule has 1 atom stereocenters. The smallest absolute Gasteiger partial charge is 0.550 e. The zero-order valence-electron chi connectivity index (χ0n) is 10.5. The van der Waals surface area contributed by atoms with Crippen molar-refractivity contribution in [2.75, 3.05) is 6.61 Å². The summed E-state index contributed by atoms with van der Waals surface area (Å²) in [6.07, 6.45) is 0.315. The molecule has 1 N–H and O–H groups in total. The van der Waals surface area contributed by atoms with Crippen LogP contribution in [0.1, 0.15) is 12.8 Å². The molecule has 9 heteroatoms. The minimum atomic E-state index is -5.01. The fourth-order valence-corrected chi connectivity index (χ4v) is 2.16. The molecular formula is C10H13KO7S. The summed E-state index contributed by atoms with van der Waals surface area (Å²) >= 11 is 0. The van der Waals surface area contributed by atoms with Crippen LogP contribution in [0.15, 0.2) is 25.3 Å². The summed E-state index contributed by atoms with van der Waals surface area (Å²) in [7, 11) is -5.01. The van der Waals surface area contributed by atoms with E-state index in [1.54, 1.807) is 0 Å². The monoisotopic (exact) mass is 316 g/mol. The number of esters is 1. The first kappa shape index (κ1) is 21.3. The molecule has 0 saturated heterocycles. The van der Waals surface area contributed by atoms with Gasteiger partial charge in [0.05, 0.1) is 0 Å². The predicted octanol–water partition coefficient (Wildman–Crippen LogP) is -3.94. The summed E-state index contributed by atoms with van der Waals surface area (Å²) in [5, 5.41) is 10.6. The number of carboxylic acid groups (broad SMARTS) is 1. The van der Waals surface area contributed by atoms with E-state index in [-0.39, 0.29) is 58.0 Å². The quantitative estimate of drug-likeness (QED) is 0.210. The number of allylic oxidation sites excluding steroid dienone is 1. The zero-order chi connectivity index (χ0) is 14.4. The van der Waals surface area contributed by atoms with Crippen molar-refractivity contribution >= 4 is 22.1 Å². The molecule has 0 aliphatic rings. The Kier molecular flexibility index (Phi) is 10.1. The second kappa shape index (κ2) is 9.00. The molecule has 0 radical (unpaired) electrons. The van der Waals surface area contributed by atoms with Gasteiger partial charge in [0.25, 0.3) is 10.1 Å². The van der Waals surface area contributed by atoms with Gasteiger partial charge in [-0.15, -0.1) is 6.58 Å². The topological polar surface area (TPSA) is 121 Å². The molecular weight excluding hydrogens is 303 g/mol. The van der Waals surface area contributed by atoms with Crippen LogP contribution in [0.2, 0.25) is 0 Å². The fourth-order valence-electron chi connectivity index (χ4n) is 1.26. The molecule has 0 spiro atoms. The van der Waals surface area contributed by atoms with Crippen molar-refractivity contribution in [2.24, 2.45) is 0 Å². The molecule has 0 amide bonds. The molecule has 102 valence electrons. The number of carbonyl (C=O) groups excluding carboxylic acids is 2. The van der Waals surface area contributed by atoms with Gasteiger partial charge in [0.1, 0.15) is 6.61 Å². The van der Waals surface area contributed by atoms with E-state index in [4.69, 9.17) is 4.55 Å². The molecule has 0 aliphatic carbocycles. The average Bonchev–Trinajstić information content (AvgIpc) is 2.22. The Morgan fingerprint density at radius 2 is 1.84 bits per heavy atom. The molecule has 0 aliphatic heterocycles. The van der Waals surface area contributed by atoms with Crippen LogP contribution >= 0.6 is 0 Å². The molecule has 0 saturated carbocycles. The van der Waals surface area contributed by atoms with Crippen LogP contribution in [-0.4, -0.2) is 36.3 Å². The number of ether oxygens (including phenoxy) is 1. The molecule has 7 nitrogen and oxygen atoms in total. The van der Waals surface area contributed by atoms with Gasteiger partial charge in [0.2, 0.25) is 4.75 Å². The maximum atomic E-state index is 11.6. The van der Waals surface area contributed by atoms with Crippen LogP contribution in [0.4, 0.5) is 0 Å². The second-order valence-corrected chi connectivity index (χ2v) is 5.13. The van der Waals surface area contributed by atoms with Gasteiger partial charge in [-0.3, -0.25) is 9.35 Å². The molecule has 0 bridgehead atoms. The van der Waals surface area contributed by atoms with Gasteiger partial charge in [-0.25, -0.2) is 0 Å². The number of rotatable bonds is 8. The molecule has 0 aromatic rings.